The van der Waals surface area contributed by atoms with Crippen LogP contribution in [0.3, 0.4) is 0 Å². The van der Waals surface area contributed by atoms with Gasteiger partial charge in [0.15, 0.2) is 0 Å². The monoisotopic (exact) mass is 266 g/mol. The SMILES string of the molecule is CCOc1ccccc1CNc1cc(C#N)ccc1C. The minimum Gasteiger partial charge on any atom is -0.494 e. The first kappa shape index (κ1) is 14.0. The molecular formula is C17H18N2O. The Hall–Kier alpha value is -2.47. The summed E-state index contributed by atoms with van der Waals surface area (Å²) in [7, 11) is 0. The van der Waals surface area contributed by atoms with E-state index in [1.807, 2.05) is 56.3 Å². The van der Waals surface area contributed by atoms with Gasteiger partial charge in [-0.15, -0.1) is 0 Å². The molecule has 0 spiro atoms. The van der Waals surface area contributed by atoms with Crippen LogP contribution in [0.15, 0.2) is 42.5 Å². The van der Waals surface area contributed by atoms with Gasteiger partial charge in [0.05, 0.1) is 18.2 Å². The van der Waals surface area contributed by atoms with Crippen molar-refractivity contribution in [3.63, 3.8) is 0 Å². The average molecular weight is 266 g/mol. The van der Waals surface area contributed by atoms with Crippen molar-refractivity contribution in [1.29, 1.82) is 5.26 Å². The molecule has 0 radical (unpaired) electrons. The first-order valence-corrected chi connectivity index (χ1v) is 6.70. The van der Waals surface area contributed by atoms with Crippen molar-refractivity contribution in [3.05, 3.63) is 59.2 Å². The minimum atomic E-state index is 0.653. The third-order valence-corrected chi connectivity index (χ3v) is 3.11. The zero-order valence-electron chi connectivity index (χ0n) is 11.8. The van der Waals surface area contributed by atoms with Crippen LogP contribution in [0, 0.1) is 18.3 Å². The van der Waals surface area contributed by atoms with Gasteiger partial charge in [-0.3, -0.25) is 0 Å². The highest BCUT2D eigenvalue weighted by Gasteiger charge is 2.04. The summed E-state index contributed by atoms with van der Waals surface area (Å²) in [6.45, 7) is 5.33. The molecule has 0 amide bonds. The Bertz CT molecular complexity index is 629. The third-order valence-electron chi connectivity index (χ3n) is 3.11. The summed E-state index contributed by atoms with van der Waals surface area (Å²) in [5, 5.41) is 12.3. The number of aryl methyl sites for hydroxylation is 1. The van der Waals surface area contributed by atoms with Crippen molar-refractivity contribution >= 4 is 5.69 Å². The summed E-state index contributed by atoms with van der Waals surface area (Å²) >= 11 is 0. The van der Waals surface area contributed by atoms with Crippen molar-refractivity contribution < 1.29 is 4.74 Å². The second-order valence-electron chi connectivity index (χ2n) is 4.54. The lowest BCUT2D eigenvalue weighted by molar-refractivity contribution is 0.337. The van der Waals surface area contributed by atoms with Gasteiger partial charge in [-0.1, -0.05) is 24.3 Å². The fourth-order valence-electron chi connectivity index (χ4n) is 2.02. The summed E-state index contributed by atoms with van der Waals surface area (Å²) in [5.74, 6) is 0.900. The third kappa shape index (κ3) is 3.30. The van der Waals surface area contributed by atoms with Crippen LogP contribution in [0.5, 0.6) is 5.75 Å². The molecule has 3 nitrogen and oxygen atoms in total. The molecule has 0 aliphatic rings. The van der Waals surface area contributed by atoms with Crippen molar-refractivity contribution in [2.75, 3.05) is 11.9 Å². The van der Waals surface area contributed by atoms with E-state index < -0.39 is 0 Å². The van der Waals surface area contributed by atoms with Crippen LogP contribution in [0.1, 0.15) is 23.6 Å². The normalized spacial score (nSPS) is 9.85. The van der Waals surface area contributed by atoms with Gasteiger partial charge in [-0.05, 0) is 37.6 Å². The molecule has 0 aliphatic heterocycles. The molecule has 0 saturated heterocycles. The first-order chi connectivity index (χ1) is 9.74. The molecule has 0 fully saturated rings. The van der Waals surface area contributed by atoms with E-state index in [2.05, 4.69) is 11.4 Å². The summed E-state index contributed by atoms with van der Waals surface area (Å²) in [6, 6.07) is 15.8. The molecule has 0 aromatic heterocycles. The fourth-order valence-corrected chi connectivity index (χ4v) is 2.02. The van der Waals surface area contributed by atoms with Crippen LogP contribution in [-0.4, -0.2) is 6.61 Å². The molecule has 20 heavy (non-hydrogen) atoms. The first-order valence-electron chi connectivity index (χ1n) is 6.70. The van der Waals surface area contributed by atoms with Crippen molar-refractivity contribution in [3.8, 4) is 11.8 Å². The number of anilines is 1. The van der Waals surface area contributed by atoms with Crippen LogP contribution in [0.2, 0.25) is 0 Å². The lowest BCUT2D eigenvalue weighted by Crippen LogP contribution is -2.04. The van der Waals surface area contributed by atoms with Crippen LogP contribution in [0.25, 0.3) is 0 Å². The second-order valence-corrected chi connectivity index (χ2v) is 4.54. The predicted octanol–water partition coefficient (Wildman–Crippen LogP) is 3.88. The van der Waals surface area contributed by atoms with E-state index in [4.69, 9.17) is 10.00 Å². The van der Waals surface area contributed by atoms with Gasteiger partial charge in [0.2, 0.25) is 0 Å². The Balaban J connectivity index is 2.15. The number of nitrogens with one attached hydrogen (secondary N) is 1. The molecule has 2 rings (SSSR count). The largest absolute Gasteiger partial charge is 0.494 e. The fraction of sp³-hybridized carbons (Fsp3) is 0.235. The Morgan fingerprint density at radius 2 is 2.00 bits per heavy atom. The number of hydrogen-bond acceptors (Lipinski definition) is 3. The maximum atomic E-state index is 8.95. The zero-order chi connectivity index (χ0) is 14.4. The number of para-hydroxylation sites is 1. The number of benzene rings is 2. The van der Waals surface area contributed by atoms with Gasteiger partial charge in [-0.25, -0.2) is 0 Å². The van der Waals surface area contributed by atoms with E-state index in [0.717, 1.165) is 22.6 Å². The summed E-state index contributed by atoms with van der Waals surface area (Å²) < 4.78 is 5.61. The molecular weight excluding hydrogens is 248 g/mol. The average Bonchev–Trinajstić information content (AvgIpc) is 2.48. The highest BCUT2D eigenvalue weighted by Crippen LogP contribution is 2.21. The molecule has 3 heteroatoms. The Morgan fingerprint density at radius 3 is 2.75 bits per heavy atom. The molecule has 0 bridgehead atoms. The smallest absolute Gasteiger partial charge is 0.124 e. The highest BCUT2D eigenvalue weighted by molar-refractivity contribution is 5.55. The topological polar surface area (TPSA) is 45.0 Å². The van der Waals surface area contributed by atoms with Gasteiger partial charge >= 0.3 is 0 Å². The van der Waals surface area contributed by atoms with Crippen LogP contribution < -0.4 is 10.1 Å². The quantitative estimate of drug-likeness (QED) is 0.893. The Morgan fingerprint density at radius 1 is 1.20 bits per heavy atom. The molecule has 0 unspecified atom stereocenters. The molecule has 0 aliphatic carbocycles. The van der Waals surface area contributed by atoms with Crippen molar-refractivity contribution in [2.45, 2.75) is 20.4 Å². The van der Waals surface area contributed by atoms with E-state index >= 15 is 0 Å². The molecule has 0 saturated carbocycles. The van der Waals surface area contributed by atoms with Crippen LogP contribution in [0.4, 0.5) is 5.69 Å². The lowest BCUT2D eigenvalue weighted by atomic mass is 10.1. The highest BCUT2D eigenvalue weighted by atomic mass is 16.5. The molecule has 102 valence electrons. The van der Waals surface area contributed by atoms with Gasteiger partial charge < -0.3 is 10.1 Å². The predicted molar refractivity (Wildman–Crippen MR) is 80.8 cm³/mol. The molecule has 2 aromatic rings. The molecule has 1 N–H and O–H groups in total. The number of nitriles is 1. The molecule has 0 heterocycles. The molecule has 2 aromatic carbocycles. The van der Waals surface area contributed by atoms with Crippen molar-refractivity contribution in [1.82, 2.24) is 0 Å². The van der Waals surface area contributed by atoms with Crippen LogP contribution >= 0.6 is 0 Å². The van der Waals surface area contributed by atoms with Crippen molar-refractivity contribution in [2.24, 2.45) is 0 Å². The second kappa shape index (κ2) is 6.63. The number of rotatable bonds is 5. The van der Waals surface area contributed by atoms with E-state index in [0.29, 0.717) is 18.7 Å². The number of hydrogen-bond donors (Lipinski definition) is 1. The van der Waals surface area contributed by atoms with E-state index in [9.17, 15) is 0 Å². The van der Waals surface area contributed by atoms with E-state index in [1.165, 1.54) is 0 Å². The lowest BCUT2D eigenvalue weighted by Gasteiger charge is -2.13. The standard InChI is InChI=1S/C17H18N2O/c1-3-20-17-7-5-4-6-15(17)12-19-16-10-14(11-18)9-8-13(16)2/h4-10,19H,3,12H2,1-2H3. The van der Waals surface area contributed by atoms with Gasteiger partial charge in [0, 0.05) is 17.8 Å². The van der Waals surface area contributed by atoms with Gasteiger partial charge in [-0.2, -0.15) is 5.26 Å². The van der Waals surface area contributed by atoms with E-state index in [-0.39, 0.29) is 0 Å². The van der Waals surface area contributed by atoms with Crippen LogP contribution in [-0.2, 0) is 6.54 Å². The maximum Gasteiger partial charge on any atom is 0.124 e. The Kier molecular flexibility index (Phi) is 4.62. The summed E-state index contributed by atoms with van der Waals surface area (Å²) in [6.07, 6.45) is 0. The summed E-state index contributed by atoms with van der Waals surface area (Å²) in [5.41, 5.74) is 3.88. The molecule has 0 atom stereocenters. The maximum absolute atomic E-state index is 8.95. The number of ether oxygens (including phenoxy) is 1. The van der Waals surface area contributed by atoms with Gasteiger partial charge in [0.1, 0.15) is 5.75 Å². The number of nitrogens with zero attached hydrogens (tertiary/aromatic N) is 1. The van der Waals surface area contributed by atoms with E-state index in [1.54, 1.807) is 0 Å². The zero-order valence-corrected chi connectivity index (χ0v) is 11.8. The summed E-state index contributed by atoms with van der Waals surface area (Å²) in [4.78, 5) is 0. The van der Waals surface area contributed by atoms with Gasteiger partial charge in [0.25, 0.3) is 0 Å². The minimum absolute atomic E-state index is 0.653. The Labute approximate surface area is 119 Å².